The van der Waals surface area contributed by atoms with E-state index in [2.05, 4.69) is 86.8 Å². The van der Waals surface area contributed by atoms with E-state index < -0.39 is 0 Å². The van der Waals surface area contributed by atoms with E-state index in [0.29, 0.717) is 0 Å². The summed E-state index contributed by atoms with van der Waals surface area (Å²) in [6.45, 7) is 8.57. The highest BCUT2D eigenvalue weighted by molar-refractivity contribution is 5.42. The van der Waals surface area contributed by atoms with Crippen molar-refractivity contribution >= 4 is 0 Å². The smallest absolute Gasteiger partial charge is 0.0344 e. The van der Waals surface area contributed by atoms with Crippen LogP contribution in [0.1, 0.15) is 40.5 Å². The first-order valence-corrected chi connectivity index (χ1v) is 8.07. The molecule has 0 aromatic heterocycles. The van der Waals surface area contributed by atoms with E-state index in [1.165, 1.54) is 22.5 Å². The molecule has 0 spiro atoms. The summed E-state index contributed by atoms with van der Waals surface area (Å²) in [5.74, 6) is 0. The van der Waals surface area contributed by atoms with E-state index >= 15 is 0 Å². The van der Waals surface area contributed by atoms with E-state index in [4.69, 9.17) is 0 Å². The van der Waals surface area contributed by atoms with E-state index in [0.717, 1.165) is 12.8 Å². The zero-order valence-corrected chi connectivity index (χ0v) is 14.2. The van der Waals surface area contributed by atoms with Gasteiger partial charge in [0.15, 0.2) is 0 Å². The van der Waals surface area contributed by atoms with Crippen LogP contribution >= 0.6 is 0 Å². The third-order valence-electron chi connectivity index (χ3n) is 3.88. The van der Waals surface area contributed by atoms with Gasteiger partial charge in [-0.25, -0.2) is 0 Å². The van der Waals surface area contributed by atoms with E-state index in [1.54, 1.807) is 0 Å². The van der Waals surface area contributed by atoms with E-state index in [-0.39, 0.29) is 5.41 Å². The zero-order valence-electron chi connectivity index (χ0n) is 14.2. The molecule has 0 aromatic rings. The molecule has 22 heavy (non-hydrogen) atoms. The molecule has 0 amide bonds. The molecule has 0 saturated heterocycles. The highest BCUT2D eigenvalue weighted by Crippen LogP contribution is 2.41. The average molecular weight is 293 g/mol. The van der Waals surface area contributed by atoms with Gasteiger partial charge in [-0.2, -0.15) is 0 Å². The van der Waals surface area contributed by atoms with Gasteiger partial charge in [-0.15, -0.1) is 0 Å². The second-order valence-corrected chi connectivity index (χ2v) is 6.36. The molecular formula is C21H27N. The molecule has 2 aliphatic rings. The van der Waals surface area contributed by atoms with Crippen molar-refractivity contribution in [2.45, 2.75) is 40.5 Å². The fourth-order valence-electron chi connectivity index (χ4n) is 2.41. The van der Waals surface area contributed by atoms with Crippen molar-refractivity contribution in [2.75, 3.05) is 0 Å². The minimum Gasteiger partial charge on any atom is -0.359 e. The number of allylic oxidation sites excluding steroid dienone is 13. The van der Waals surface area contributed by atoms with Gasteiger partial charge in [-0.1, -0.05) is 68.5 Å². The van der Waals surface area contributed by atoms with Gasteiger partial charge in [0.1, 0.15) is 0 Å². The van der Waals surface area contributed by atoms with Gasteiger partial charge in [0.25, 0.3) is 0 Å². The van der Waals surface area contributed by atoms with Crippen LogP contribution in [0.5, 0.6) is 0 Å². The van der Waals surface area contributed by atoms with Gasteiger partial charge < -0.3 is 5.32 Å². The van der Waals surface area contributed by atoms with Crippen molar-refractivity contribution in [3.8, 4) is 0 Å². The first kappa shape index (κ1) is 16.4. The maximum atomic E-state index is 3.52. The first-order valence-electron chi connectivity index (χ1n) is 8.07. The molecule has 0 unspecified atom stereocenters. The average Bonchev–Trinajstić information content (AvgIpc) is 3.14. The van der Waals surface area contributed by atoms with Crippen molar-refractivity contribution in [1.29, 1.82) is 0 Å². The minimum absolute atomic E-state index is 0.256. The predicted molar refractivity (Wildman–Crippen MR) is 97.3 cm³/mol. The number of hydrogen-bond acceptors (Lipinski definition) is 1. The van der Waals surface area contributed by atoms with E-state index in [9.17, 15) is 0 Å². The highest BCUT2D eigenvalue weighted by Gasteiger charge is 2.33. The van der Waals surface area contributed by atoms with Crippen LogP contribution in [0.25, 0.3) is 0 Å². The normalized spacial score (nSPS) is 20.7. The van der Waals surface area contributed by atoms with Crippen molar-refractivity contribution in [2.24, 2.45) is 5.41 Å². The highest BCUT2D eigenvalue weighted by atomic mass is 14.9. The third kappa shape index (κ3) is 4.77. The molecule has 0 aliphatic heterocycles. The van der Waals surface area contributed by atoms with E-state index in [1.807, 2.05) is 6.92 Å². The molecule has 0 radical (unpaired) electrons. The zero-order chi connectivity index (χ0) is 16.0. The molecule has 0 heterocycles. The van der Waals surface area contributed by atoms with Crippen LogP contribution in [0.2, 0.25) is 0 Å². The number of nitrogens with one attached hydrogen (secondary N) is 1. The Hall–Kier alpha value is -2.02. The fraction of sp³-hybridized carbons (Fsp3) is 0.333. The molecule has 0 bridgehead atoms. The summed E-state index contributed by atoms with van der Waals surface area (Å²) in [7, 11) is 0. The Labute approximate surface area is 135 Å². The molecule has 2 aliphatic carbocycles. The lowest BCUT2D eigenvalue weighted by Crippen LogP contribution is -2.10. The Balaban J connectivity index is 1.97. The van der Waals surface area contributed by atoms with Gasteiger partial charge >= 0.3 is 0 Å². The van der Waals surface area contributed by atoms with Crippen molar-refractivity contribution < 1.29 is 0 Å². The van der Waals surface area contributed by atoms with Crippen molar-refractivity contribution in [3.05, 3.63) is 83.3 Å². The molecule has 0 saturated carbocycles. The molecule has 116 valence electrons. The van der Waals surface area contributed by atoms with Crippen LogP contribution in [0.15, 0.2) is 83.3 Å². The molecule has 0 fully saturated rings. The Morgan fingerprint density at radius 1 is 1.18 bits per heavy atom. The van der Waals surface area contributed by atoms with Crippen LogP contribution in [-0.2, 0) is 0 Å². The number of rotatable bonds is 6. The summed E-state index contributed by atoms with van der Waals surface area (Å²) in [5, 5.41) is 3.52. The minimum atomic E-state index is 0.256. The van der Waals surface area contributed by atoms with Crippen molar-refractivity contribution in [3.63, 3.8) is 0 Å². The summed E-state index contributed by atoms with van der Waals surface area (Å²) in [5.41, 5.74) is 5.48. The van der Waals surface area contributed by atoms with Crippen molar-refractivity contribution in [1.82, 2.24) is 5.32 Å². The standard InChI is InChI=1S/C21H27N/c1-5-7-10-17(9-6-2)15-18-11-8-12-19(14-13-18)22-20-16-21(20,3)4/h5-7,9-14,16,22H,8,15H2,1-4H3/b7-5+,9-6-,17-10+. The molecule has 0 atom stereocenters. The lowest BCUT2D eigenvalue weighted by atomic mass is 10.0. The Bertz CT molecular complexity index is 616. The van der Waals surface area contributed by atoms with Gasteiger partial charge in [0, 0.05) is 16.8 Å². The molecule has 1 heteroatoms. The monoisotopic (exact) mass is 293 g/mol. The SMILES string of the molecule is C\C=C/C(=C\C=C\C)CC1=CCC=C(NC2=CC2(C)C)C=C1. The van der Waals surface area contributed by atoms with Gasteiger partial charge in [-0.05, 0) is 43.9 Å². The summed E-state index contributed by atoms with van der Waals surface area (Å²) in [6.07, 6.45) is 23.8. The summed E-state index contributed by atoms with van der Waals surface area (Å²) in [6, 6.07) is 0. The van der Waals surface area contributed by atoms with Crippen LogP contribution < -0.4 is 5.32 Å². The summed E-state index contributed by atoms with van der Waals surface area (Å²) >= 11 is 0. The van der Waals surface area contributed by atoms with Crippen LogP contribution in [-0.4, -0.2) is 0 Å². The maximum Gasteiger partial charge on any atom is 0.0344 e. The van der Waals surface area contributed by atoms with Crippen LogP contribution in [0.4, 0.5) is 0 Å². The summed E-state index contributed by atoms with van der Waals surface area (Å²) < 4.78 is 0. The fourth-order valence-corrected chi connectivity index (χ4v) is 2.41. The van der Waals surface area contributed by atoms with Gasteiger partial charge in [0.05, 0.1) is 0 Å². The first-order chi connectivity index (χ1) is 10.5. The Kier molecular flexibility index (Phi) is 5.43. The third-order valence-corrected chi connectivity index (χ3v) is 3.88. The molecule has 2 rings (SSSR count). The van der Waals surface area contributed by atoms with Gasteiger partial charge in [-0.3, -0.25) is 0 Å². The largest absolute Gasteiger partial charge is 0.359 e. The maximum absolute atomic E-state index is 3.52. The molecule has 1 N–H and O–H groups in total. The lowest BCUT2D eigenvalue weighted by molar-refractivity contribution is 0.667. The quantitative estimate of drug-likeness (QED) is 0.616. The molecule has 0 aromatic carbocycles. The van der Waals surface area contributed by atoms with Crippen LogP contribution in [0, 0.1) is 5.41 Å². The van der Waals surface area contributed by atoms with Gasteiger partial charge in [0.2, 0.25) is 0 Å². The summed E-state index contributed by atoms with van der Waals surface area (Å²) in [4.78, 5) is 0. The second-order valence-electron chi connectivity index (χ2n) is 6.36. The Morgan fingerprint density at radius 2 is 1.95 bits per heavy atom. The lowest BCUT2D eigenvalue weighted by Gasteiger charge is -2.08. The van der Waals surface area contributed by atoms with Crippen LogP contribution in [0.3, 0.4) is 0 Å². The molecule has 1 nitrogen and oxygen atoms in total. The predicted octanol–water partition coefficient (Wildman–Crippen LogP) is 5.74. The molecular weight excluding hydrogens is 266 g/mol. The second kappa shape index (κ2) is 7.31. The Morgan fingerprint density at radius 3 is 2.59 bits per heavy atom. The number of hydrogen-bond donors (Lipinski definition) is 1. The topological polar surface area (TPSA) is 12.0 Å².